The summed E-state index contributed by atoms with van der Waals surface area (Å²) >= 11 is 0. The number of fused-ring (bicyclic) bond motifs is 2. The maximum atomic E-state index is 13.0. The zero-order chi connectivity index (χ0) is 24.6. The molecule has 0 aliphatic carbocycles. The second-order valence-electron chi connectivity index (χ2n) is 9.97. The Morgan fingerprint density at radius 3 is 2.25 bits per heavy atom. The van der Waals surface area contributed by atoms with E-state index in [4.69, 9.17) is 13.9 Å². The molecule has 4 rings (SSSR count). The highest BCUT2D eigenvalue weighted by molar-refractivity contribution is 5.85. The highest BCUT2D eigenvalue weighted by Crippen LogP contribution is 2.35. The van der Waals surface area contributed by atoms with E-state index in [9.17, 15) is 4.79 Å². The molecule has 0 fully saturated rings. The number of pyridine rings is 1. The fourth-order valence-electron chi connectivity index (χ4n) is 4.24. The van der Waals surface area contributed by atoms with Crippen molar-refractivity contribution in [3.8, 4) is 5.75 Å². The lowest BCUT2D eigenvalue weighted by Crippen LogP contribution is -2.37. The van der Waals surface area contributed by atoms with E-state index < -0.39 is 5.79 Å². The Labute approximate surface area is 225 Å². The first-order chi connectivity index (χ1) is 16.0. The summed E-state index contributed by atoms with van der Waals surface area (Å²) in [5.41, 5.74) is 6.66. The Balaban J connectivity index is 0.00000228. The first-order valence-electron chi connectivity index (χ1n) is 11.7. The van der Waals surface area contributed by atoms with Crippen LogP contribution in [0, 0.1) is 20.8 Å². The van der Waals surface area contributed by atoms with Crippen molar-refractivity contribution in [3.05, 3.63) is 68.3 Å². The number of likely N-dealkylation sites (N-methyl/N-ethyl adjacent to an activating group) is 2. The first kappa shape index (κ1) is 30.1. The molecule has 7 nitrogen and oxygen atoms in total. The highest BCUT2D eigenvalue weighted by atomic mass is 35.5. The molecule has 1 aromatic carbocycles. The number of nitrogens with zero attached hydrogens (tertiary/aromatic N) is 3. The van der Waals surface area contributed by atoms with Gasteiger partial charge in [-0.05, 0) is 63.7 Å². The summed E-state index contributed by atoms with van der Waals surface area (Å²) < 4.78 is 17.7. The summed E-state index contributed by atoms with van der Waals surface area (Å²) in [6, 6.07) is 3.86. The van der Waals surface area contributed by atoms with E-state index in [1.54, 1.807) is 6.26 Å². The standard InChI is InChI=1S/C27H35N3O4.2ClH/c1-17-10-22-24(11-18(17)2)32-15-21(25(22)31)14-30(7)9-8-29(6)13-20-12-28-19(3)26-23(20)16-33-27(4,5)34-26;;/h10-12,15H,8-9,13-14,16H2,1-7H3;2*1H. The fraction of sp³-hybridized carbons (Fsp3) is 0.481. The molecule has 0 bridgehead atoms. The molecular formula is C27H37Cl2N3O4. The molecule has 198 valence electrons. The third-order valence-corrected chi connectivity index (χ3v) is 6.52. The number of aryl methyl sites for hydroxylation is 3. The Hall–Kier alpha value is -2.16. The second kappa shape index (κ2) is 11.9. The molecule has 1 aliphatic rings. The van der Waals surface area contributed by atoms with Crippen LogP contribution in [0.4, 0.5) is 0 Å². The molecule has 3 aromatic rings. The van der Waals surface area contributed by atoms with Crippen LogP contribution >= 0.6 is 24.8 Å². The maximum absolute atomic E-state index is 13.0. The van der Waals surface area contributed by atoms with Crippen LogP contribution in [0.2, 0.25) is 0 Å². The molecule has 0 amide bonds. The van der Waals surface area contributed by atoms with E-state index >= 15 is 0 Å². The van der Waals surface area contributed by atoms with E-state index in [-0.39, 0.29) is 30.2 Å². The molecule has 0 atom stereocenters. The van der Waals surface area contributed by atoms with Crippen molar-refractivity contribution < 1.29 is 13.9 Å². The average molecular weight is 539 g/mol. The van der Waals surface area contributed by atoms with Gasteiger partial charge in [-0.25, -0.2) is 0 Å². The lowest BCUT2D eigenvalue weighted by Gasteiger charge is -2.34. The van der Waals surface area contributed by atoms with Gasteiger partial charge in [-0.2, -0.15) is 0 Å². The minimum absolute atomic E-state index is 0. The molecule has 3 heterocycles. The van der Waals surface area contributed by atoms with Crippen molar-refractivity contribution in [1.82, 2.24) is 14.8 Å². The van der Waals surface area contributed by atoms with Crippen molar-refractivity contribution >= 4 is 35.8 Å². The molecule has 0 spiro atoms. The molecule has 2 aromatic heterocycles. The van der Waals surface area contributed by atoms with Gasteiger partial charge >= 0.3 is 0 Å². The molecule has 0 saturated heterocycles. The third-order valence-electron chi connectivity index (χ3n) is 6.52. The predicted octanol–water partition coefficient (Wildman–Crippen LogP) is 5.17. The zero-order valence-electron chi connectivity index (χ0n) is 22.1. The second-order valence-corrected chi connectivity index (χ2v) is 9.97. The van der Waals surface area contributed by atoms with Gasteiger partial charge in [0.2, 0.25) is 5.79 Å². The van der Waals surface area contributed by atoms with Crippen molar-refractivity contribution in [1.29, 1.82) is 0 Å². The van der Waals surface area contributed by atoms with Crippen LogP contribution in [0.3, 0.4) is 0 Å². The van der Waals surface area contributed by atoms with Gasteiger partial charge in [0, 0.05) is 57.4 Å². The topological polar surface area (TPSA) is 68.0 Å². The Kier molecular flexibility index (Phi) is 9.96. The van der Waals surface area contributed by atoms with Gasteiger partial charge in [0.1, 0.15) is 11.3 Å². The molecule has 0 N–H and O–H groups in total. The first-order valence-corrected chi connectivity index (χ1v) is 11.7. The summed E-state index contributed by atoms with van der Waals surface area (Å²) in [6.07, 6.45) is 3.52. The number of ether oxygens (including phenoxy) is 2. The number of hydrogen-bond donors (Lipinski definition) is 0. The molecule has 9 heteroatoms. The molecule has 36 heavy (non-hydrogen) atoms. The Morgan fingerprint density at radius 2 is 1.58 bits per heavy atom. The van der Waals surface area contributed by atoms with Crippen LogP contribution in [0.5, 0.6) is 5.75 Å². The van der Waals surface area contributed by atoms with E-state index in [2.05, 4.69) is 21.8 Å². The third kappa shape index (κ3) is 6.58. The van der Waals surface area contributed by atoms with Gasteiger partial charge in [-0.1, -0.05) is 0 Å². The van der Waals surface area contributed by atoms with Crippen molar-refractivity contribution in [2.75, 3.05) is 27.2 Å². The van der Waals surface area contributed by atoms with Crippen molar-refractivity contribution in [3.63, 3.8) is 0 Å². The van der Waals surface area contributed by atoms with E-state index in [0.717, 1.165) is 53.3 Å². The van der Waals surface area contributed by atoms with Gasteiger partial charge in [-0.3, -0.25) is 9.78 Å². The number of benzene rings is 1. The summed E-state index contributed by atoms with van der Waals surface area (Å²) in [5.74, 6) is 0.201. The smallest absolute Gasteiger partial charge is 0.205 e. The van der Waals surface area contributed by atoms with Crippen LogP contribution < -0.4 is 10.2 Å². The van der Waals surface area contributed by atoms with E-state index in [1.807, 2.05) is 60.0 Å². The summed E-state index contributed by atoms with van der Waals surface area (Å²) in [7, 11) is 4.11. The summed E-state index contributed by atoms with van der Waals surface area (Å²) in [4.78, 5) is 21.9. The fourth-order valence-corrected chi connectivity index (χ4v) is 4.24. The normalized spacial score (nSPS) is 14.2. The molecule has 0 unspecified atom stereocenters. The molecule has 0 radical (unpaired) electrons. The van der Waals surface area contributed by atoms with Crippen molar-refractivity contribution in [2.45, 2.75) is 60.1 Å². The van der Waals surface area contributed by atoms with E-state index in [0.29, 0.717) is 29.7 Å². The predicted molar refractivity (Wildman–Crippen MR) is 148 cm³/mol. The maximum Gasteiger partial charge on any atom is 0.205 e. The number of halogens is 2. The largest absolute Gasteiger partial charge is 0.464 e. The van der Waals surface area contributed by atoms with Gasteiger partial charge in [0.15, 0.2) is 5.43 Å². The zero-order valence-corrected chi connectivity index (χ0v) is 23.8. The van der Waals surface area contributed by atoms with Gasteiger partial charge < -0.3 is 23.7 Å². The average Bonchev–Trinajstić information content (AvgIpc) is 2.77. The quantitative estimate of drug-likeness (QED) is 0.412. The minimum atomic E-state index is -0.639. The number of hydrogen-bond acceptors (Lipinski definition) is 7. The van der Waals surface area contributed by atoms with Crippen LogP contribution in [-0.4, -0.2) is 47.8 Å². The Bertz CT molecular complexity index is 1280. The lowest BCUT2D eigenvalue weighted by atomic mass is 10.1. The van der Waals surface area contributed by atoms with Crippen LogP contribution in [-0.2, 0) is 24.4 Å². The van der Waals surface area contributed by atoms with Gasteiger partial charge in [-0.15, -0.1) is 24.8 Å². The van der Waals surface area contributed by atoms with Gasteiger partial charge in [0.25, 0.3) is 0 Å². The van der Waals surface area contributed by atoms with Crippen LogP contribution in [0.25, 0.3) is 11.0 Å². The summed E-state index contributed by atoms with van der Waals surface area (Å²) in [6.45, 7) is 13.3. The minimum Gasteiger partial charge on any atom is -0.464 e. The lowest BCUT2D eigenvalue weighted by molar-refractivity contribution is -0.180. The number of aromatic nitrogens is 1. The number of rotatable bonds is 7. The van der Waals surface area contributed by atoms with Gasteiger partial charge in [0.05, 0.1) is 24.0 Å². The van der Waals surface area contributed by atoms with E-state index in [1.165, 1.54) is 0 Å². The van der Waals surface area contributed by atoms with Crippen LogP contribution in [0.1, 0.15) is 47.4 Å². The summed E-state index contributed by atoms with van der Waals surface area (Å²) in [5, 5.41) is 0.648. The monoisotopic (exact) mass is 537 g/mol. The highest BCUT2D eigenvalue weighted by Gasteiger charge is 2.30. The molecule has 0 saturated carbocycles. The molecule has 1 aliphatic heterocycles. The van der Waals surface area contributed by atoms with Crippen molar-refractivity contribution in [2.24, 2.45) is 0 Å². The Morgan fingerprint density at radius 1 is 0.972 bits per heavy atom. The molecular weight excluding hydrogens is 501 g/mol. The SMILES string of the molecule is Cc1cc2occ(CN(C)CCN(C)Cc3cnc(C)c4c3COC(C)(C)O4)c(=O)c2cc1C.Cl.Cl. The van der Waals surface area contributed by atoms with Crippen LogP contribution in [0.15, 0.2) is 33.8 Å².